The van der Waals surface area contributed by atoms with E-state index < -0.39 is 98.4 Å². The van der Waals surface area contributed by atoms with Crippen molar-refractivity contribution >= 4 is 20.5 Å². The summed E-state index contributed by atoms with van der Waals surface area (Å²) in [5.41, 5.74) is -1.31. The number of H-pyrrole nitrogens is 2. The Morgan fingerprint density at radius 1 is 0.743 bits per heavy atom. The monoisotopic (exact) mass is 985 g/mol. The number of ether oxygens (including phenoxy) is 6. The van der Waals surface area contributed by atoms with Crippen molar-refractivity contribution in [3.8, 4) is 17.6 Å². The molecule has 0 bridgehead atoms. The van der Waals surface area contributed by atoms with E-state index in [0.717, 1.165) is 21.3 Å². The number of aromatic nitrogens is 4. The molecule has 70 heavy (non-hydrogen) atoms. The quantitative estimate of drug-likeness (QED) is 0.0369. The number of esters is 1. The van der Waals surface area contributed by atoms with Crippen LogP contribution < -0.4 is 32.0 Å². The number of aryl methyl sites for hydroxylation is 2. The smallest absolute Gasteiger partial charge is 0.333 e. The number of aliphatic carboxylic acids is 1. The molecule has 3 N–H and O–H groups in total. The number of hydrogen-bond donors (Lipinski definition) is 3. The Bertz CT molecular complexity index is 2830. The van der Waals surface area contributed by atoms with Crippen LogP contribution in [0.25, 0.3) is 0 Å². The number of carbonyl (C=O) groups is 2. The Hall–Kier alpha value is -6.76. The molecule has 0 amide bonds. The summed E-state index contributed by atoms with van der Waals surface area (Å²) in [7, 11) is 0.709. The van der Waals surface area contributed by atoms with Gasteiger partial charge in [-0.2, -0.15) is 5.26 Å². The fourth-order valence-electron chi connectivity index (χ4n) is 8.10. The van der Waals surface area contributed by atoms with Gasteiger partial charge in [0.05, 0.1) is 65.5 Å². The second-order valence-electron chi connectivity index (χ2n) is 16.3. The van der Waals surface area contributed by atoms with Crippen molar-refractivity contribution in [1.29, 1.82) is 5.26 Å². The molecule has 2 fully saturated rings. The maximum Gasteiger partial charge on any atom is 0.333 e. The maximum absolute atomic E-state index is 13.3. The molecular formula is C48H52N5O16P. The molecule has 21 nitrogen and oxygen atoms in total. The van der Waals surface area contributed by atoms with E-state index in [0.29, 0.717) is 11.5 Å². The lowest BCUT2D eigenvalue weighted by Crippen LogP contribution is -2.38. The van der Waals surface area contributed by atoms with E-state index in [1.165, 1.54) is 23.9 Å². The van der Waals surface area contributed by atoms with Gasteiger partial charge in [-0.15, -0.1) is 0 Å². The minimum absolute atomic E-state index is 0.00687. The number of carboxylic acids is 1. The summed E-state index contributed by atoms with van der Waals surface area (Å²) in [5.74, 6) is -0.816. The number of methoxy groups -OCH3 is 2. The highest BCUT2D eigenvalue weighted by molar-refractivity contribution is 7.41. The summed E-state index contributed by atoms with van der Waals surface area (Å²) >= 11 is 0. The first-order chi connectivity index (χ1) is 33.7. The third-order valence-corrected chi connectivity index (χ3v) is 12.9. The molecule has 5 aromatic rings. The molecule has 0 saturated carbocycles. The number of aromatic amines is 2. The van der Waals surface area contributed by atoms with Crippen LogP contribution in [0.1, 0.15) is 72.4 Å². The van der Waals surface area contributed by atoms with Gasteiger partial charge in [0.2, 0.25) is 0 Å². The average Bonchev–Trinajstić information content (AvgIpc) is 3.96. The topological polar surface area (TPSA) is 271 Å². The summed E-state index contributed by atoms with van der Waals surface area (Å²) in [5, 5.41) is 18.6. The van der Waals surface area contributed by atoms with E-state index in [2.05, 4.69) is 9.97 Å². The zero-order valence-electron chi connectivity index (χ0n) is 38.6. The zero-order valence-corrected chi connectivity index (χ0v) is 39.5. The fraction of sp³-hybridized carbons (Fsp3) is 0.396. The molecule has 3 aromatic carbocycles. The van der Waals surface area contributed by atoms with Crippen molar-refractivity contribution in [3.05, 3.63) is 161 Å². The van der Waals surface area contributed by atoms with Crippen molar-refractivity contribution in [1.82, 2.24) is 19.1 Å². The molecule has 22 heteroatoms. The van der Waals surface area contributed by atoms with Crippen LogP contribution >= 0.6 is 8.60 Å². The van der Waals surface area contributed by atoms with Gasteiger partial charge in [-0.3, -0.25) is 38.3 Å². The summed E-state index contributed by atoms with van der Waals surface area (Å²) in [6, 6.07) is 26.4. The zero-order chi connectivity index (χ0) is 50.0. The van der Waals surface area contributed by atoms with E-state index in [-0.39, 0.29) is 50.2 Å². The van der Waals surface area contributed by atoms with Gasteiger partial charge in [0.15, 0.2) is 0 Å². The molecular weight excluding hydrogens is 934 g/mol. The van der Waals surface area contributed by atoms with Crippen LogP contribution in [0.4, 0.5) is 0 Å². The van der Waals surface area contributed by atoms with Crippen molar-refractivity contribution in [2.75, 3.05) is 34.0 Å². The minimum atomic E-state index is -2.43. The predicted octanol–water partition coefficient (Wildman–Crippen LogP) is 4.64. The van der Waals surface area contributed by atoms with E-state index >= 15 is 0 Å². The summed E-state index contributed by atoms with van der Waals surface area (Å²) in [6.45, 7) is 2.36. The Balaban J connectivity index is 1.22. The highest BCUT2D eigenvalue weighted by Gasteiger charge is 2.45. The van der Waals surface area contributed by atoms with Gasteiger partial charge in [0.1, 0.15) is 47.9 Å². The Morgan fingerprint density at radius 2 is 1.26 bits per heavy atom. The van der Waals surface area contributed by atoms with Crippen molar-refractivity contribution in [3.63, 3.8) is 0 Å². The molecule has 0 spiro atoms. The number of carboxylic acid groups (broad SMARTS) is 1. The number of hydrogen-bond acceptors (Lipinski definition) is 16. The highest BCUT2D eigenvalue weighted by Crippen LogP contribution is 2.48. The van der Waals surface area contributed by atoms with Crippen molar-refractivity contribution in [2.24, 2.45) is 0 Å². The average molecular weight is 986 g/mol. The maximum atomic E-state index is 13.3. The molecule has 7 rings (SSSR count). The first-order valence-corrected chi connectivity index (χ1v) is 23.3. The largest absolute Gasteiger partial charge is 0.497 e. The van der Waals surface area contributed by atoms with Gasteiger partial charge in [0, 0.05) is 36.4 Å². The van der Waals surface area contributed by atoms with Gasteiger partial charge < -0.3 is 47.1 Å². The van der Waals surface area contributed by atoms with Crippen molar-refractivity contribution in [2.45, 2.75) is 88.4 Å². The second-order valence-corrected chi connectivity index (χ2v) is 17.5. The number of nitrogens with zero attached hydrogens (tertiary/aromatic N) is 3. The molecule has 2 saturated heterocycles. The molecule has 370 valence electrons. The standard InChI is InChI=1S/C48H52N5O16P/c1-29-25-52(46(59)50-44(29)57)40-23-36(68-43(56)20-19-42(54)55)39(67-40)28-65-70(64-22-8-21-49)69-37-24-41(53-26-30(2)45(58)51-47(53)60)66-38(37)27-63-48(31-9-6-5-7-10-31,32-11-15-34(61-3)16-12-32)33-13-17-35(62-4)18-14-33/h5-7,9-18,25-26,36-41H,8,19-20,22-24,27-28H2,1-4H3,(H,54,55)(H,50,57,59)(H,51,58,60)/t36-,37-,38+,39+,40+,41+,70?/m0/s1. The molecule has 1 unspecified atom stereocenters. The summed E-state index contributed by atoms with van der Waals surface area (Å²) < 4.78 is 58.0. The van der Waals surface area contributed by atoms with Gasteiger partial charge in [-0.25, -0.2) is 9.59 Å². The Morgan fingerprint density at radius 3 is 1.77 bits per heavy atom. The molecule has 4 heterocycles. The number of nitrogens with one attached hydrogen (secondary N) is 2. The van der Waals surface area contributed by atoms with Crippen LogP contribution in [-0.2, 0) is 47.7 Å². The third-order valence-electron chi connectivity index (χ3n) is 11.7. The lowest BCUT2D eigenvalue weighted by atomic mass is 9.80. The number of rotatable bonds is 22. The van der Waals surface area contributed by atoms with Crippen LogP contribution in [0.2, 0.25) is 0 Å². The first kappa shape index (κ1) is 51.1. The number of benzene rings is 3. The van der Waals surface area contributed by atoms with Gasteiger partial charge in [-0.1, -0.05) is 54.6 Å². The SMILES string of the molecule is COc1ccc(C(OC[C@H]2O[C@@H](n3cc(C)c(=O)[nH]c3=O)C[C@@H]2OP(OCCC#N)OC[C@H]2O[C@@H](n3cc(C)c(=O)[nH]c3=O)C[C@@H]2OC(=O)CCC(=O)O)(c2ccccc2)c2ccc(OC)cc2)cc1. The lowest BCUT2D eigenvalue weighted by Gasteiger charge is -2.37. The Labute approximate surface area is 401 Å². The van der Waals surface area contributed by atoms with Crippen LogP contribution in [0.15, 0.2) is 110 Å². The predicted molar refractivity (Wildman–Crippen MR) is 248 cm³/mol. The van der Waals surface area contributed by atoms with E-state index in [9.17, 15) is 39.1 Å². The molecule has 2 aliphatic rings. The lowest BCUT2D eigenvalue weighted by molar-refractivity contribution is -0.155. The fourth-order valence-corrected chi connectivity index (χ4v) is 9.25. The van der Waals surface area contributed by atoms with E-state index in [4.69, 9.17) is 42.0 Å². The van der Waals surface area contributed by atoms with E-state index in [1.807, 2.05) is 84.9 Å². The van der Waals surface area contributed by atoms with Gasteiger partial charge in [-0.05, 0) is 54.8 Å². The molecule has 7 atom stereocenters. The summed E-state index contributed by atoms with van der Waals surface area (Å²) in [4.78, 5) is 79.5. The minimum Gasteiger partial charge on any atom is -0.497 e. The van der Waals surface area contributed by atoms with Crippen molar-refractivity contribution < 1.29 is 56.7 Å². The van der Waals surface area contributed by atoms with Crippen LogP contribution in [0, 0.1) is 25.2 Å². The number of nitriles is 1. The third kappa shape index (κ3) is 12.0. The van der Waals surface area contributed by atoms with Gasteiger partial charge >= 0.3 is 31.9 Å². The van der Waals surface area contributed by atoms with Crippen LogP contribution in [0.3, 0.4) is 0 Å². The van der Waals surface area contributed by atoms with Gasteiger partial charge in [0.25, 0.3) is 11.1 Å². The Kier molecular flexibility index (Phi) is 17.0. The van der Waals surface area contributed by atoms with Crippen LogP contribution in [0.5, 0.6) is 11.5 Å². The highest BCUT2D eigenvalue weighted by atomic mass is 31.2. The molecule has 2 aromatic heterocycles. The number of carbonyl (C=O) groups excluding carboxylic acids is 1. The van der Waals surface area contributed by atoms with Crippen LogP contribution in [-0.4, -0.2) is 94.6 Å². The molecule has 2 aliphatic heterocycles. The van der Waals surface area contributed by atoms with E-state index in [1.54, 1.807) is 21.1 Å². The second kappa shape index (κ2) is 23.2. The first-order valence-electron chi connectivity index (χ1n) is 22.2. The molecule has 0 aliphatic carbocycles. The summed E-state index contributed by atoms with van der Waals surface area (Å²) in [6.07, 6.45) is -4.50. The molecule has 0 radical (unpaired) electrons. The normalized spacial score (nSPS) is 20.4.